The summed E-state index contributed by atoms with van der Waals surface area (Å²) in [7, 11) is 0. The van der Waals surface area contributed by atoms with Crippen molar-refractivity contribution in [1.82, 2.24) is 4.57 Å². The van der Waals surface area contributed by atoms with E-state index in [2.05, 4.69) is 44.5 Å². The molecular weight excluding hydrogens is 208 g/mol. The fourth-order valence-corrected chi connectivity index (χ4v) is 3.28. The minimum absolute atomic E-state index is 0.226. The number of fused-ring (bicyclic) bond motifs is 1. The molecule has 2 nitrogen and oxygen atoms in total. The van der Waals surface area contributed by atoms with Crippen molar-refractivity contribution in [3.05, 3.63) is 23.5 Å². The molecule has 0 saturated heterocycles. The van der Waals surface area contributed by atoms with Crippen molar-refractivity contribution >= 4 is 0 Å². The van der Waals surface area contributed by atoms with Crippen molar-refractivity contribution in [2.45, 2.75) is 65.5 Å². The van der Waals surface area contributed by atoms with Gasteiger partial charge >= 0.3 is 0 Å². The normalized spacial score (nSPS) is 22.8. The second-order valence-electron chi connectivity index (χ2n) is 6.25. The van der Waals surface area contributed by atoms with Gasteiger partial charge in [0, 0.05) is 24.0 Å². The molecule has 0 aromatic carbocycles. The van der Waals surface area contributed by atoms with E-state index < -0.39 is 0 Å². The van der Waals surface area contributed by atoms with Crippen LogP contribution in [0, 0.1) is 5.41 Å². The number of hydrogen-bond acceptors (Lipinski definition) is 1. The van der Waals surface area contributed by atoms with E-state index in [-0.39, 0.29) is 6.04 Å². The van der Waals surface area contributed by atoms with Crippen molar-refractivity contribution in [1.29, 1.82) is 0 Å². The Labute approximate surface area is 105 Å². The van der Waals surface area contributed by atoms with E-state index in [1.165, 1.54) is 30.5 Å². The van der Waals surface area contributed by atoms with Crippen LogP contribution < -0.4 is 5.73 Å². The zero-order valence-electron chi connectivity index (χ0n) is 11.7. The summed E-state index contributed by atoms with van der Waals surface area (Å²) in [5.74, 6) is 0. The summed E-state index contributed by atoms with van der Waals surface area (Å²) in [5.41, 5.74) is 9.52. The Bertz CT molecular complexity index is 386. The first-order valence-corrected chi connectivity index (χ1v) is 6.93. The molecule has 0 amide bonds. The molecule has 2 rings (SSSR count). The second-order valence-corrected chi connectivity index (χ2v) is 6.25. The molecular formula is C15H26N2. The molecule has 2 N–H and O–H groups in total. The third-order valence-electron chi connectivity index (χ3n) is 4.21. The Balaban J connectivity index is 2.40. The lowest BCUT2D eigenvalue weighted by atomic mass is 9.74. The molecule has 1 unspecified atom stereocenters. The quantitative estimate of drug-likeness (QED) is 0.847. The smallest absolute Gasteiger partial charge is 0.0328 e. The number of nitrogens with two attached hydrogens (primary N) is 1. The number of aromatic nitrogens is 1. The molecule has 0 fully saturated rings. The Morgan fingerprint density at radius 2 is 2.06 bits per heavy atom. The molecule has 0 radical (unpaired) electrons. The Kier molecular flexibility index (Phi) is 3.35. The van der Waals surface area contributed by atoms with Crippen molar-refractivity contribution in [2.24, 2.45) is 11.1 Å². The van der Waals surface area contributed by atoms with Crippen LogP contribution in [0.25, 0.3) is 0 Å². The van der Waals surface area contributed by atoms with E-state index in [0.717, 1.165) is 6.42 Å². The van der Waals surface area contributed by atoms with Crippen LogP contribution in [0.15, 0.2) is 12.3 Å². The summed E-state index contributed by atoms with van der Waals surface area (Å²) in [6, 6.07) is 3.11. The van der Waals surface area contributed by atoms with Crippen molar-refractivity contribution < 1.29 is 0 Å². The molecule has 1 atom stereocenters. The second kappa shape index (κ2) is 4.49. The lowest BCUT2D eigenvalue weighted by Crippen LogP contribution is -2.31. The van der Waals surface area contributed by atoms with Crippen LogP contribution in [0.1, 0.15) is 70.3 Å². The van der Waals surface area contributed by atoms with Crippen LogP contribution in [0.5, 0.6) is 0 Å². The highest BCUT2D eigenvalue weighted by atomic mass is 15.0. The van der Waals surface area contributed by atoms with E-state index in [1.807, 2.05) is 0 Å². The van der Waals surface area contributed by atoms with E-state index in [0.29, 0.717) is 11.5 Å². The van der Waals surface area contributed by atoms with Crippen LogP contribution >= 0.6 is 0 Å². The number of hydrogen-bond donors (Lipinski definition) is 1. The van der Waals surface area contributed by atoms with Gasteiger partial charge in [0.1, 0.15) is 0 Å². The predicted molar refractivity (Wildman–Crippen MR) is 73.1 cm³/mol. The predicted octanol–water partition coefficient (Wildman–Crippen LogP) is 3.82. The van der Waals surface area contributed by atoms with Crippen molar-refractivity contribution in [2.75, 3.05) is 0 Å². The fraction of sp³-hybridized carbons (Fsp3) is 0.733. The van der Waals surface area contributed by atoms with Gasteiger partial charge in [-0.1, -0.05) is 27.7 Å². The molecule has 1 aromatic rings. The minimum atomic E-state index is 0.226. The van der Waals surface area contributed by atoms with Gasteiger partial charge in [-0.2, -0.15) is 0 Å². The molecule has 0 bridgehead atoms. The minimum Gasteiger partial charge on any atom is -0.348 e. The maximum Gasteiger partial charge on any atom is 0.0328 e. The average Bonchev–Trinajstić information content (AvgIpc) is 2.62. The number of rotatable bonds is 3. The Hall–Kier alpha value is -0.760. The van der Waals surface area contributed by atoms with Gasteiger partial charge in [-0.3, -0.25) is 0 Å². The molecule has 96 valence electrons. The van der Waals surface area contributed by atoms with Gasteiger partial charge in [-0.15, -0.1) is 0 Å². The standard InChI is InChI=1S/C15H26N2/c1-5-11(6-2)17-8-7-12-13(16)9-15(3,4)10-14(12)17/h7-8,11,13H,5-6,9-10,16H2,1-4H3. The third kappa shape index (κ3) is 2.28. The molecule has 1 aliphatic rings. The highest BCUT2D eigenvalue weighted by Crippen LogP contribution is 2.41. The summed E-state index contributed by atoms with van der Waals surface area (Å²) in [6.07, 6.45) is 6.93. The van der Waals surface area contributed by atoms with Crippen molar-refractivity contribution in [3.8, 4) is 0 Å². The molecule has 1 heterocycles. The molecule has 0 spiro atoms. The average molecular weight is 234 g/mol. The maximum absolute atomic E-state index is 6.31. The van der Waals surface area contributed by atoms with Gasteiger partial charge in [0.2, 0.25) is 0 Å². The van der Waals surface area contributed by atoms with Gasteiger partial charge in [0.05, 0.1) is 0 Å². The summed E-state index contributed by atoms with van der Waals surface area (Å²) < 4.78 is 2.48. The summed E-state index contributed by atoms with van der Waals surface area (Å²) in [6.45, 7) is 9.21. The zero-order chi connectivity index (χ0) is 12.6. The SMILES string of the molecule is CCC(CC)n1ccc2c1CC(C)(C)CC2N. The van der Waals surface area contributed by atoms with E-state index >= 15 is 0 Å². The summed E-state index contributed by atoms with van der Waals surface area (Å²) in [4.78, 5) is 0. The third-order valence-corrected chi connectivity index (χ3v) is 4.21. The fourth-order valence-electron chi connectivity index (χ4n) is 3.28. The van der Waals surface area contributed by atoms with E-state index in [4.69, 9.17) is 5.73 Å². The lowest BCUT2D eigenvalue weighted by Gasteiger charge is -2.35. The molecule has 0 saturated carbocycles. The number of nitrogens with zero attached hydrogens (tertiary/aromatic N) is 1. The first kappa shape index (κ1) is 12.7. The van der Waals surface area contributed by atoms with Crippen LogP contribution in [-0.4, -0.2) is 4.57 Å². The lowest BCUT2D eigenvalue weighted by molar-refractivity contribution is 0.270. The monoisotopic (exact) mass is 234 g/mol. The zero-order valence-corrected chi connectivity index (χ0v) is 11.7. The Morgan fingerprint density at radius 3 is 2.65 bits per heavy atom. The molecule has 1 aromatic heterocycles. The van der Waals surface area contributed by atoms with Crippen LogP contribution in [0.3, 0.4) is 0 Å². The van der Waals surface area contributed by atoms with Gasteiger partial charge in [0.25, 0.3) is 0 Å². The summed E-state index contributed by atoms with van der Waals surface area (Å²) in [5, 5.41) is 0. The van der Waals surface area contributed by atoms with Crippen LogP contribution in [0.2, 0.25) is 0 Å². The highest BCUT2D eigenvalue weighted by Gasteiger charge is 2.33. The van der Waals surface area contributed by atoms with Gasteiger partial charge in [-0.25, -0.2) is 0 Å². The van der Waals surface area contributed by atoms with Crippen molar-refractivity contribution in [3.63, 3.8) is 0 Å². The largest absolute Gasteiger partial charge is 0.348 e. The summed E-state index contributed by atoms with van der Waals surface area (Å²) >= 11 is 0. The van der Waals surface area contributed by atoms with Crippen LogP contribution in [-0.2, 0) is 6.42 Å². The van der Waals surface area contributed by atoms with E-state index in [1.54, 1.807) is 0 Å². The first-order chi connectivity index (χ1) is 7.98. The van der Waals surface area contributed by atoms with E-state index in [9.17, 15) is 0 Å². The highest BCUT2D eigenvalue weighted by molar-refractivity contribution is 5.30. The van der Waals surface area contributed by atoms with Gasteiger partial charge < -0.3 is 10.3 Å². The molecule has 0 aliphatic heterocycles. The Morgan fingerprint density at radius 1 is 1.41 bits per heavy atom. The molecule has 1 aliphatic carbocycles. The topological polar surface area (TPSA) is 30.9 Å². The molecule has 17 heavy (non-hydrogen) atoms. The first-order valence-electron chi connectivity index (χ1n) is 6.93. The molecule has 2 heteroatoms. The van der Waals surface area contributed by atoms with Gasteiger partial charge in [-0.05, 0) is 42.7 Å². The maximum atomic E-state index is 6.31. The van der Waals surface area contributed by atoms with Gasteiger partial charge in [0.15, 0.2) is 0 Å². The van der Waals surface area contributed by atoms with Crippen LogP contribution in [0.4, 0.5) is 0 Å².